The Kier molecular flexibility index (Phi) is 4.88. The van der Waals surface area contributed by atoms with E-state index in [0.29, 0.717) is 0 Å². The molecule has 1 aliphatic rings. The summed E-state index contributed by atoms with van der Waals surface area (Å²) in [6.07, 6.45) is 5.07. The predicted molar refractivity (Wildman–Crippen MR) is 89.1 cm³/mol. The summed E-state index contributed by atoms with van der Waals surface area (Å²) in [5.41, 5.74) is 0. The Morgan fingerprint density at radius 2 is 2.00 bits per heavy atom. The third-order valence-corrected chi connectivity index (χ3v) is 5.15. The number of hydrogen-bond acceptors (Lipinski definition) is 3. The number of thiophene rings is 1. The van der Waals surface area contributed by atoms with Crippen molar-refractivity contribution in [3.05, 3.63) is 35.2 Å². The first-order valence-electron chi connectivity index (χ1n) is 7.82. The van der Waals surface area contributed by atoms with Crippen LogP contribution in [0.1, 0.15) is 35.4 Å². The van der Waals surface area contributed by atoms with E-state index in [1.165, 1.54) is 37.1 Å². The molecule has 0 radical (unpaired) electrons. The summed E-state index contributed by atoms with van der Waals surface area (Å²) < 4.78 is 1.18. The molecule has 1 aliphatic heterocycles. The average Bonchev–Trinajstić information content (AvgIpc) is 2.96. The zero-order valence-electron chi connectivity index (χ0n) is 12.3. The fraction of sp³-hybridized carbons (Fsp3) is 0.471. The second-order valence-electron chi connectivity index (χ2n) is 5.66. The Labute approximate surface area is 130 Å². The molecule has 21 heavy (non-hydrogen) atoms. The van der Waals surface area contributed by atoms with E-state index in [-0.39, 0.29) is 5.91 Å². The van der Waals surface area contributed by atoms with Crippen molar-refractivity contribution >= 4 is 27.3 Å². The first kappa shape index (κ1) is 14.5. The highest BCUT2D eigenvalue weighted by Gasteiger charge is 2.11. The fourth-order valence-electron chi connectivity index (χ4n) is 2.87. The lowest BCUT2D eigenvalue weighted by Crippen LogP contribution is -2.33. The lowest BCUT2D eigenvalue weighted by molar-refractivity contribution is 0.0955. The van der Waals surface area contributed by atoms with Crippen LogP contribution in [0.15, 0.2) is 30.3 Å². The van der Waals surface area contributed by atoms with Gasteiger partial charge in [-0.05, 0) is 56.4 Å². The molecule has 1 N–H and O–H groups in total. The minimum Gasteiger partial charge on any atom is -0.351 e. The highest BCUT2D eigenvalue weighted by atomic mass is 32.1. The molecule has 0 aliphatic carbocycles. The fourth-order valence-corrected chi connectivity index (χ4v) is 3.85. The Morgan fingerprint density at radius 3 is 2.81 bits per heavy atom. The van der Waals surface area contributed by atoms with Crippen LogP contribution in [-0.2, 0) is 0 Å². The van der Waals surface area contributed by atoms with Gasteiger partial charge in [0.1, 0.15) is 0 Å². The maximum atomic E-state index is 12.2. The molecule has 2 heterocycles. The van der Waals surface area contributed by atoms with E-state index in [2.05, 4.69) is 22.3 Å². The molecule has 3 nitrogen and oxygen atoms in total. The van der Waals surface area contributed by atoms with Crippen LogP contribution in [0.25, 0.3) is 10.1 Å². The number of carbonyl (C=O) groups excluding carboxylic acids is 1. The summed E-state index contributed by atoms with van der Waals surface area (Å²) in [5, 5.41) is 4.20. The maximum Gasteiger partial charge on any atom is 0.261 e. The number of nitrogens with one attached hydrogen (secondary N) is 1. The molecule has 0 saturated carbocycles. The van der Waals surface area contributed by atoms with Crippen LogP contribution < -0.4 is 5.32 Å². The number of benzene rings is 1. The number of amides is 1. The van der Waals surface area contributed by atoms with Crippen LogP contribution in [0.2, 0.25) is 0 Å². The van der Waals surface area contributed by atoms with Crippen LogP contribution in [-0.4, -0.2) is 37.0 Å². The maximum absolute atomic E-state index is 12.2. The minimum absolute atomic E-state index is 0.0647. The van der Waals surface area contributed by atoms with Crippen LogP contribution in [0.4, 0.5) is 0 Å². The molecule has 4 heteroatoms. The molecule has 1 aromatic heterocycles. The number of likely N-dealkylation sites (tertiary alicyclic amines) is 1. The van der Waals surface area contributed by atoms with Gasteiger partial charge in [-0.1, -0.05) is 24.6 Å². The Morgan fingerprint density at radius 1 is 1.19 bits per heavy atom. The summed E-state index contributed by atoms with van der Waals surface area (Å²) in [4.78, 5) is 15.5. The van der Waals surface area contributed by atoms with E-state index in [4.69, 9.17) is 0 Å². The van der Waals surface area contributed by atoms with Crippen LogP contribution in [0.5, 0.6) is 0 Å². The number of piperidine rings is 1. The number of hydrogen-bond donors (Lipinski definition) is 1. The van der Waals surface area contributed by atoms with E-state index < -0.39 is 0 Å². The van der Waals surface area contributed by atoms with Crippen molar-refractivity contribution < 1.29 is 4.79 Å². The molecular formula is C17H22N2OS. The highest BCUT2D eigenvalue weighted by Crippen LogP contribution is 2.24. The summed E-state index contributed by atoms with van der Waals surface area (Å²) >= 11 is 1.57. The lowest BCUT2D eigenvalue weighted by atomic mass is 10.1. The second kappa shape index (κ2) is 7.05. The third-order valence-electron chi connectivity index (χ3n) is 4.03. The molecule has 0 spiro atoms. The number of rotatable bonds is 5. The highest BCUT2D eigenvalue weighted by molar-refractivity contribution is 7.20. The van der Waals surface area contributed by atoms with Gasteiger partial charge in [-0.3, -0.25) is 4.79 Å². The van der Waals surface area contributed by atoms with Crippen molar-refractivity contribution in [2.45, 2.75) is 25.7 Å². The largest absolute Gasteiger partial charge is 0.351 e. The van der Waals surface area contributed by atoms with Crippen molar-refractivity contribution in [1.29, 1.82) is 0 Å². The van der Waals surface area contributed by atoms with Gasteiger partial charge in [-0.2, -0.15) is 0 Å². The summed E-state index contributed by atoms with van der Waals surface area (Å²) in [6, 6.07) is 10.1. The molecule has 2 aromatic rings. The zero-order valence-corrected chi connectivity index (χ0v) is 13.1. The molecule has 3 rings (SSSR count). The lowest BCUT2D eigenvalue weighted by Gasteiger charge is -2.26. The van der Waals surface area contributed by atoms with Crippen molar-refractivity contribution in [2.24, 2.45) is 0 Å². The molecule has 1 amide bonds. The molecule has 1 saturated heterocycles. The van der Waals surface area contributed by atoms with E-state index in [0.717, 1.165) is 29.8 Å². The molecular weight excluding hydrogens is 280 g/mol. The van der Waals surface area contributed by atoms with Gasteiger partial charge in [0.05, 0.1) is 4.88 Å². The van der Waals surface area contributed by atoms with E-state index in [1.807, 2.05) is 18.2 Å². The predicted octanol–water partition coefficient (Wildman–Crippen LogP) is 3.51. The molecule has 0 bridgehead atoms. The molecule has 1 aromatic carbocycles. The van der Waals surface area contributed by atoms with Gasteiger partial charge in [0.2, 0.25) is 0 Å². The quantitative estimate of drug-likeness (QED) is 0.857. The Balaban J connectivity index is 1.45. The van der Waals surface area contributed by atoms with Crippen molar-refractivity contribution in [2.75, 3.05) is 26.2 Å². The minimum atomic E-state index is 0.0647. The second-order valence-corrected chi connectivity index (χ2v) is 6.74. The van der Waals surface area contributed by atoms with Crippen molar-refractivity contribution in [3.8, 4) is 0 Å². The zero-order chi connectivity index (χ0) is 14.5. The van der Waals surface area contributed by atoms with Crippen LogP contribution in [0, 0.1) is 0 Å². The van der Waals surface area contributed by atoms with Crippen molar-refractivity contribution in [1.82, 2.24) is 10.2 Å². The third kappa shape index (κ3) is 3.83. The molecule has 0 unspecified atom stereocenters. The molecule has 112 valence electrons. The summed E-state index contributed by atoms with van der Waals surface area (Å²) in [5.74, 6) is 0.0647. The standard InChI is InChI=1S/C17H22N2OS/c20-17(16-13-14-7-2-3-8-15(14)21-16)18-9-6-12-19-10-4-1-5-11-19/h2-3,7-8,13H,1,4-6,9-12H2,(H,18,20). The van der Waals surface area contributed by atoms with Crippen LogP contribution >= 0.6 is 11.3 Å². The summed E-state index contributed by atoms with van der Waals surface area (Å²) in [7, 11) is 0. The van der Waals surface area contributed by atoms with Gasteiger partial charge in [0, 0.05) is 11.2 Å². The van der Waals surface area contributed by atoms with E-state index in [9.17, 15) is 4.79 Å². The topological polar surface area (TPSA) is 32.3 Å². The van der Waals surface area contributed by atoms with Crippen LogP contribution in [0.3, 0.4) is 0 Å². The monoisotopic (exact) mass is 302 g/mol. The van der Waals surface area contributed by atoms with Crippen molar-refractivity contribution in [3.63, 3.8) is 0 Å². The Hall–Kier alpha value is -1.39. The van der Waals surface area contributed by atoms with Gasteiger partial charge in [0.15, 0.2) is 0 Å². The molecule has 0 atom stereocenters. The van der Waals surface area contributed by atoms with Gasteiger partial charge >= 0.3 is 0 Å². The van der Waals surface area contributed by atoms with Gasteiger partial charge in [-0.25, -0.2) is 0 Å². The van der Waals surface area contributed by atoms with E-state index in [1.54, 1.807) is 11.3 Å². The van der Waals surface area contributed by atoms with Gasteiger partial charge < -0.3 is 10.2 Å². The Bertz CT molecular complexity index is 569. The number of carbonyl (C=O) groups is 1. The SMILES string of the molecule is O=C(NCCCN1CCCCC1)c1cc2ccccc2s1. The first-order chi connectivity index (χ1) is 10.3. The first-order valence-corrected chi connectivity index (χ1v) is 8.64. The number of nitrogens with zero attached hydrogens (tertiary/aromatic N) is 1. The number of fused-ring (bicyclic) bond motifs is 1. The average molecular weight is 302 g/mol. The molecule has 1 fully saturated rings. The summed E-state index contributed by atoms with van der Waals surface area (Å²) in [6.45, 7) is 4.32. The van der Waals surface area contributed by atoms with E-state index >= 15 is 0 Å². The normalized spacial score (nSPS) is 16.2. The van der Waals surface area contributed by atoms with Gasteiger partial charge in [-0.15, -0.1) is 11.3 Å². The smallest absolute Gasteiger partial charge is 0.261 e. The van der Waals surface area contributed by atoms with Gasteiger partial charge in [0.25, 0.3) is 5.91 Å².